The Kier molecular flexibility index (Phi) is 6.45. The molecule has 1 aliphatic carbocycles. The molecule has 0 saturated heterocycles. The molecule has 1 N–H and O–H groups in total. The lowest BCUT2D eigenvalue weighted by Gasteiger charge is -2.30. The van der Waals surface area contributed by atoms with E-state index >= 15 is 0 Å². The van der Waals surface area contributed by atoms with Gasteiger partial charge in [-0.15, -0.1) is 0 Å². The van der Waals surface area contributed by atoms with Gasteiger partial charge >= 0.3 is 0 Å². The number of benzene rings is 2. The van der Waals surface area contributed by atoms with E-state index in [1.165, 1.54) is 18.4 Å². The fourth-order valence-electron chi connectivity index (χ4n) is 4.08. The SMILES string of the molecule is COc1cccc(C2(CNC(=O)Cc3ccc(OC)c(OC)c3)CCCC2)c1. The van der Waals surface area contributed by atoms with E-state index in [1.807, 2.05) is 30.3 Å². The Morgan fingerprint density at radius 2 is 1.71 bits per heavy atom. The predicted molar refractivity (Wildman–Crippen MR) is 109 cm³/mol. The number of nitrogens with one attached hydrogen (secondary N) is 1. The van der Waals surface area contributed by atoms with Crippen molar-refractivity contribution in [3.05, 3.63) is 53.6 Å². The third kappa shape index (κ3) is 4.41. The van der Waals surface area contributed by atoms with Gasteiger partial charge in [-0.2, -0.15) is 0 Å². The van der Waals surface area contributed by atoms with Crippen molar-refractivity contribution in [1.29, 1.82) is 0 Å². The molecular formula is C23H29NO4. The Morgan fingerprint density at radius 1 is 0.964 bits per heavy atom. The zero-order chi connectivity index (χ0) is 20.0. The third-order valence-corrected chi connectivity index (χ3v) is 5.68. The van der Waals surface area contributed by atoms with E-state index in [2.05, 4.69) is 17.4 Å². The quantitative estimate of drug-likeness (QED) is 0.752. The minimum absolute atomic E-state index is 0.0121. The van der Waals surface area contributed by atoms with Crippen LogP contribution in [-0.2, 0) is 16.6 Å². The highest BCUT2D eigenvalue weighted by atomic mass is 16.5. The van der Waals surface area contributed by atoms with Crippen LogP contribution in [0.5, 0.6) is 17.2 Å². The molecule has 0 radical (unpaired) electrons. The molecule has 1 aliphatic rings. The fraction of sp³-hybridized carbons (Fsp3) is 0.435. The monoisotopic (exact) mass is 383 g/mol. The topological polar surface area (TPSA) is 56.8 Å². The summed E-state index contributed by atoms with van der Waals surface area (Å²) in [5, 5.41) is 3.16. The second-order valence-corrected chi connectivity index (χ2v) is 7.36. The van der Waals surface area contributed by atoms with Crippen LogP contribution >= 0.6 is 0 Å². The summed E-state index contributed by atoms with van der Waals surface area (Å²) < 4.78 is 16.0. The van der Waals surface area contributed by atoms with Crippen LogP contribution in [-0.4, -0.2) is 33.8 Å². The number of amides is 1. The molecule has 1 saturated carbocycles. The average Bonchev–Trinajstić information content (AvgIpc) is 3.22. The maximum Gasteiger partial charge on any atom is 0.224 e. The summed E-state index contributed by atoms with van der Waals surface area (Å²) in [6.45, 7) is 0.645. The van der Waals surface area contributed by atoms with Gasteiger partial charge in [0.1, 0.15) is 5.75 Å². The van der Waals surface area contributed by atoms with Crippen molar-refractivity contribution in [2.45, 2.75) is 37.5 Å². The van der Waals surface area contributed by atoms with E-state index in [-0.39, 0.29) is 11.3 Å². The lowest BCUT2D eigenvalue weighted by atomic mass is 9.78. The number of rotatable bonds is 8. The van der Waals surface area contributed by atoms with Crippen molar-refractivity contribution in [3.8, 4) is 17.2 Å². The third-order valence-electron chi connectivity index (χ3n) is 5.68. The average molecular weight is 383 g/mol. The molecule has 5 heteroatoms. The molecule has 5 nitrogen and oxygen atoms in total. The van der Waals surface area contributed by atoms with Gasteiger partial charge in [-0.25, -0.2) is 0 Å². The number of carbonyl (C=O) groups is 1. The highest BCUT2D eigenvalue weighted by Gasteiger charge is 2.36. The molecule has 0 aliphatic heterocycles. The summed E-state index contributed by atoms with van der Waals surface area (Å²) in [5.41, 5.74) is 2.13. The fourth-order valence-corrected chi connectivity index (χ4v) is 4.08. The standard InChI is InChI=1S/C23H29NO4/c1-26-19-8-6-7-18(15-19)23(11-4-5-12-23)16-24-22(25)14-17-9-10-20(27-2)21(13-17)28-3/h6-10,13,15H,4-5,11-12,14,16H2,1-3H3,(H,24,25). The van der Waals surface area contributed by atoms with Crippen molar-refractivity contribution in [2.75, 3.05) is 27.9 Å². The Morgan fingerprint density at radius 3 is 2.39 bits per heavy atom. The second-order valence-electron chi connectivity index (χ2n) is 7.36. The van der Waals surface area contributed by atoms with E-state index in [0.717, 1.165) is 24.2 Å². The van der Waals surface area contributed by atoms with Gasteiger partial charge in [0.2, 0.25) is 5.91 Å². The molecular weight excluding hydrogens is 354 g/mol. The molecule has 0 atom stereocenters. The smallest absolute Gasteiger partial charge is 0.224 e. The number of hydrogen-bond acceptors (Lipinski definition) is 4. The minimum Gasteiger partial charge on any atom is -0.497 e. The normalized spacial score (nSPS) is 15.1. The zero-order valence-electron chi connectivity index (χ0n) is 16.9. The van der Waals surface area contributed by atoms with Crippen LogP contribution in [0.25, 0.3) is 0 Å². The second kappa shape index (κ2) is 9.00. The van der Waals surface area contributed by atoms with Gasteiger partial charge in [0, 0.05) is 12.0 Å². The summed E-state index contributed by atoms with van der Waals surface area (Å²) in [5.74, 6) is 2.17. The molecule has 150 valence electrons. The Hall–Kier alpha value is -2.69. The molecule has 0 unspecified atom stereocenters. The number of hydrogen-bond donors (Lipinski definition) is 1. The van der Waals surface area contributed by atoms with Gasteiger partial charge in [-0.1, -0.05) is 31.0 Å². The van der Waals surface area contributed by atoms with Gasteiger partial charge in [0.05, 0.1) is 27.8 Å². The maximum atomic E-state index is 12.6. The molecule has 0 heterocycles. The molecule has 2 aromatic rings. The van der Waals surface area contributed by atoms with Crippen LogP contribution in [0.2, 0.25) is 0 Å². The number of ether oxygens (including phenoxy) is 3. The molecule has 0 spiro atoms. The minimum atomic E-state index is -0.0121. The first-order valence-electron chi connectivity index (χ1n) is 9.72. The maximum absolute atomic E-state index is 12.6. The first-order valence-corrected chi connectivity index (χ1v) is 9.72. The molecule has 0 bridgehead atoms. The van der Waals surface area contributed by atoms with E-state index in [0.29, 0.717) is 24.5 Å². The van der Waals surface area contributed by atoms with Gasteiger partial charge in [0.25, 0.3) is 0 Å². The molecule has 3 rings (SSSR count). The van der Waals surface area contributed by atoms with Gasteiger partial charge < -0.3 is 19.5 Å². The first kappa shape index (κ1) is 20.1. The molecule has 2 aromatic carbocycles. The van der Waals surface area contributed by atoms with Crippen LogP contribution in [0.1, 0.15) is 36.8 Å². The van der Waals surface area contributed by atoms with Crippen LogP contribution in [0, 0.1) is 0 Å². The summed E-state index contributed by atoms with van der Waals surface area (Å²) in [4.78, 5) is 12.6. The Balaban J connectivity index is 1.68. The van der Waals surface area contributed by atoms with Crippen molar-refractivity contribution >= 4 is 5.91 Å². The van der Waals surface area contributed by atoms with E-state index in [4.69, 9.17) is 14.2 Å². The lowest BCUT2D eigenvalue weighted by molar-refractivity contribution is -0.120. The van der Waals surface area contributed by atoms with Crippen molar-refractivity contribution in [1.82, 2.24) is 5.32 Å². The Labute approximate surface area is 167 Å². The van der Waals surface area contributed by atoms with Gasteiger partial charge in [-0.05, 0) is 48.2 Å². The van der Waals surface area contributed by atoms with Crippen LogP contribution in [0.15, 0.2) is 42.5 Å². The zero-order valence-corrected chi connectivity index (χ0v) is 16.9. The van der Waals surface area contributed by atoms with E-state index in [9.17, 15) is 4.79 Å². The first-order chi connectivity index (χ1) is 13.6. The van der Waals surface area contributed by atoms with Crippen molar-refractivity contribution in [3.63, 3.8) is 0 Å². The predicted octanol–water partition coefficient (Wildman–Crippen LogP) is 3.88. The number of methoxy groups -OCH3 is 3. The van der Waals surface area contributed by atoms with E-state index in [1.54, 1.807) is 21.3 Å². The van der Waals surface area contributed by atoms with Crippen LogP contribution in [0.4, 0.5) is 0 Å². The summed E-state index contributed by atoms with van der Waals surface area (Å²) in [6, 6.07) is 13.8. The molecule has 28 heavy (non-hydrogen) atoms. The van der Waals surface area contributed by atoms with Gasteiger partial charge in [0.15, 0.2) is 11.5 Å². The van der Waals surface area contributed by atoms with Crippen molar-refractivity contribution in [2.24, 2.45) is 0 Å². The number of carbonyl (C=O) groups excluding carboxylic acids is 1. The summed E-state index contributed by atoms with van der Waals surface area (Å²) in [6.07, 6.45) is 4.84. The Bertz CT molecular complexity index is 812. The lowest BCUT2D eigenvalue weighted by Crippen LogP contribution is -2.39. The largest absolute Gasteiger partial charge is 0.497 e. The highest BCUT2D eigenvalue weighted by Crippen LogP contribution is 2.41. The molecule has 0 aromatic heterocycles. The van der Waals surface area contributed by atoms with Crippen LogP contribution < -0.4 is 19.5 Å². The highest BCUT2D eigenvalue weighted by molar-refractivity contribution is 5.79. The summed E-state index contributed by atoms with van der Waals surface area (Å²) >= 11 is 0. The van der Waals surface area contributed by atoms with Gasteiger partial charge in [-0.3, -0.25) is 4.79 Å². The molecule has 1 amide bonds. The van der Waals surface area contributed by atoms with Crippen LogP contribution in [0.3, 0.4) is 0 Å². The molecule has 1 fully saturated rings. The van der Waals surface area contributed by atoms with E-state index < -0.39 is 0 Å². The summed E-state index contributed by atoms with van der Waals surface area (Å²) in [7, 11) is 4.88. The van der Waals surface area contributed by atoms with Crippen molar-refractivity contribution < 1.29 is 19.0 Å².